The Morgan fingerprint density at radius 2 is 1.94 bits per heavy atom. The number of aromatic amines is 1. The molecule has 0 atom stereocenters. The van der Waals surface area contributed by atoms with E-state index in [4.69, 9.17) is 4.98 Å². The van der Waals surface area contributed by atoms with Crippen molar-refractivity contribution in [2.75, 3.05) is 5.32 Å². The number of nitrogens with zero attached hydrogens (tertiary/aromatic N) is 6. The number of amides is 1. The minimum atomic E-state index is -0.259. The van der Waals surface area contributed by atoms with Gasteiger partial charge in [-0.25, -0.2) is 4.98 Å². The van der Waals surface area contributed by atoms with Gasteiger partial charge < -0.3 is 10.3 Å². The predicted octanol–water partition coefficient (Wildman–Crippen LogP) is 4.48. The quantitative estimate of drug-likeness (QED) is 0.372. The number of carbonyl (C=O) groups is 1. The summed E-state index contributed by atoms with van der Waals surface area (Å²) in [7, 11) is 3.76. The van der Waals surface area contributed by atoms with Crippen LogP contribution in [0.3, 0.4) is 0 Å². The Morgan fingerprint density at radius 1 is 1.14 bits per heavy atom. The average molecular weight is 467 g/mol. The summed E-state index contributed by atoms with van der Waals surface area (Å²) < 4.78 is 3.52. The van der Waals surface area contributed by atoms with Gasteiger partial charge in [-0.2, -0.15) is 5.10 Å². The average Bonchev–Trinajstić information content (AvgIpc) is 3.53. The number of benzene rings is 1. The molecule has 9 heteroatoms. The van der Waals surface area contributed by atoms with Gasteiger partial charge in [0.15, 0.2) is 0 Å². The van der Waals surface area contributed by atoms with Gasteiger partial charge in [0, 0.05) is 53.8 Å². The molecule has 35 heavy (non-hydrogen) atoms. The molecular weight excluding hydrogens is 440 g/mol. The van der Waals surface area contributed by atoms with Crippen molar-refractivity contribution >= 4 is 22.6 Å². The molecule has 0 bridgehead atoms. The summed E-state index contributed by atoms with van der Waals surface area (Å²) in [4.78, 5) is 20.3. The van der Waals surface area contributed by atoms with E-state index in [-0.39, 0.29) is 5.91 Å². The van der Waals surface area contributed by atoms with Gasteiger partial charge in [0.2, 0.25) is 5.91 Å². The highest BCUT2D eigenvalue weighted by molar-refractivity contribution is 6.06. The first-order chi connectivity index (χ1) is 16.8. The Hall–Kier alpha value is -4.53. The van der Waals surface area contributed by atoms with Crippen LogP contribution in [0.1, 0.15) is 16.8 Å². The van der Waals surface area contributed by atoms with Crippen LogP contribution in [-0.2, 0) is 18.9 Å². The first kappa shape index (κ1) is 22.3. The van der Waals surface area contributed by atoms with Gasteiger partial charge in [0.1, 0.15) is 11.3 Å². The fourth-order valence-corrected chi connectivity index (χ4v) is 4.38. The number of pyridine rings is 1. The predicted molar refractivity (Wildman–Crippen MR) is 137 cm³/mol. The van der Waals surface area contributed by atoms with Gasteiger partial charge >= 0.3 is 0 Å². The summed E-state index contributed by atoms with van der Waals surface area (Å²) in [5, 5.41) is 16.8. The second kappa shape index (κ2) is 8.35. The molecule has 0 fully saturated rings. The van der Waals surface area contributed by atoms with E-state index in [0.717, 1.165) is 61.5 Å². The molecule has 0 spiro atoms. The molecule has 1 amide bonds. The minimum Gasteiger partial charge on any atom is -0.337 e. The van der Waals surface area contributed by atoms with Crippen LogP contribution in [0.5, 0.6) is 0 Å². The number of aromatic nitrogens is 7. The molecular formula is C26H26N8O. The summed E-state index contributed by atoms with van der Waals surface area (Å²) in [6.07, 6.45) is 6.88. The van der Waals surface area contributed by atoms with E-state index in [0.29, 0.717) is 5.69 Å². The number of aryl methyl sites for hydroxylation is 4. The molecule has 0 aliphatic heterocycles. The molecule has 0 aliphatic rings. The molecule has 5 rings (SSSR count). The highest BCUT2D eigenvalue weighted by atomic mass is 16.1. The highest BCUT2D eigenvalue weighted by Crippen LogP contribution is 2.42. The van der Waals surface area contributed by atoms with Crippen LogP contribution in [0.4, 0.5) is 5.69 Å². The number of nitrogens with one attached hydrogen (secondary N) is 2. The van der Waals surface area contributed by atoms with Gasteiger partial charge in [-0.1, -0.05) is 23.9 Å². The van der Waals surface area contributed by atoms with Crippen molar-refractivity contribution in [2.24, 2.45) is 14.1 Å². The summed E-state index contributed by atoms with van der Waals surface area (Å²) in [6, 6.07) is 6.01. The molecule has 176 valence electrons. The van der Waals surface area contributed by atoms with E-state index < -0.39 is 0 Å². The van der Waals surface area contributed by atoms with Crippen LogP contribution >= 0.6 is 0 Å². The maximum Gasteiger partial charge on any atom is 0.247 e. The van der Waals surface area contributed by atoms with Crippen LogP contribution in [0.25, 0.3) is 44.7 Å². The lowest BCUT2D eigenvalue weighted by atomic mass is 9.94. The fraction of sp³-hybridized carbons (Fsp3) is 0.192. The minimum absolute atomic E-state index is 0.259. The second-order valence-corrected chi connectivity index (χ2v) is 8.66. The molecule has 0 unspecified atom stereocenters. The first-order valence-electron chi connectivity index (χ1n) is 11.2. The summed E-state index contributed by atoms with van der Waals surface area (Å²) >= 11 is 0. The van der Waals surface area contributed by atoms with Gasteiger partial charge in [0.25, 0.3) is 0 Å². The lowest BCUT2D eigenvalue weighted by Crippen LogP contribution is -2.08. The van der Waals surface area contributed by atoms with E-state index in [9.17, 15) is 4.79 Å². The van der Waals surface area contributed by atoms with E-state index in [2.05, 4.69) is 39.2 Å². The van der Waals surface area contributed by atoms with Crippen LogP contribution in [0.2, 0.25) is 0 Å². The van der Waals surface area contributed by atoms with Crippen LogP contribution < -0.4 is 5.32 Å². The molecule has 9 nitrogen and oxygen atoms in total. The van der Waals surface area contributed by atoms with E-state index in [1.807, 2.05) is 69.4 Å². The third-order valence-electron chi connectivity index (χ3n) is 6.44. The van der Waals surface area contributed by atoms with Crippen molar-refractivity contribution in [1.82, 2.24) is 34.7 Å². The standard InChI is InChI=1S/C26H26N8O/c1-7-22(35)29-20-10-17(9-8-14(20)2)24-23-15(3)18(19-12-28-34(6)16(19)4)11-27-26(23)30-25(24)21-13-33(5)32-31-21/h7-13H,1H2,2-6H3,(H,27,30)(H,29,35). The van der Waals surface area contributed by atoms with E-state index in [1.54, 1.807) is 4.68 Å². The van der Waals surface area contributed by atoms with Crippen molar-refractivity contribution < 1.29 is 4.79 Å². The zero-order valence-corrected chi connectivity index (χ0v) is 20.3. The molecule has 4 aromatic heterocycles. The Kier molecular flexibility index (Phi) is 5.32. The lowest BCUT2D eigenvalue weighted by molar-refractivity contribution is -0.111. The SMILES string of the molecule is C=CC(=O)Nc1cc(-c2c(-c3cn(C)nn3)[nH]c3ncc(-c4cnn(C)c4C)c(C)c23)ccc1C. The van der Waals surface area contributed by atoms with Crippen molar-refractivity contribution in [3.63, 3.8) is 0 Å². The van der Waals surface area contributed by atoms with Crippen molar-refractivity contribution in [2.45, 2.75) is 20.8 Å². The highest BCUT2D eigenvalue weighted by Gasteiger charge is 2.23. The Balaban J connectivity index is 1.81. The number of carbonyl (C=O) groups excluding carboxylic acids is 1. The van der Waals surface area contributed by atoms with E-state index >= 15 is 0 Å². The third kappa shape index (κ3) is 3.71. The van der Waals surface area contributed by atoms with Gasteiger partial charge in [0.05, 0.1) is 18.1 Å². The fourth-order valence-electron chi connectivity index (χ4n) is 4.38. The van der Waals surface area contributed by atoms with Crippen LogP contribution in [-0.4, -0.2) is 40.6 Å². The molecule has 0 aliphatic carbocycles. The number of fused-ring (bicyclic) bond motifs is 1. The molecule has 5 aromatic rings. The smallest absolute Gasteiger partial charge is 0.247 e. The topological polar surface area (TPSA) is 106 Å². The van der Waals surface area contributed by atoms with Gasteiger partial charge in [-0.05, 0) is 49.6 Å². The number of hydrogen-bond donors (Lipinski definition) is 2. The van der Waals surface area contributed by atoms with Gasteiger partial charge in [-0.3, -0.25) is 14.2 Å². The normalized spacial score (nSPS) is 11.2. The summed E-state index contributed by atoms with van der Waals surface area (Å²) in [6.45, 7) is 9.66. The van der Waals surface area contributed by atoms with Crippen LogP contribution in [0, 0.1) is 20.8 Å². The van der Waals surface area contributed by atoms with Crippen molar-refractivity contribution in [1.29, 1.82) is 0 Å². The Bertz CT molecular complexity index is 1620. The van der Waals surface area contributed by atoms with Gasteiger partial charge in [-0.15, -0.1) is 5.10 Å². The maximum atomic E-state index is 12.1. The molecule has 0 saturated carbocycles. The number of anilines is 1. The molecule has 4 heterocycles. The zero-order valence-electron chi connectivity index (χ0n) is 20.3. The van der Waals surface area contributed by atoms with Crippen molar-refractivity contribution in [3.05, 3.63) is 66.3 Å². The molecule has 1 aromatic carbocycles. The molecule has 0 saturated heterocycles. The van der Waals surface area contributed by atoms with Crippen LogP contribution in [0.15, 0.2) is 49.4 Å². The van der Waals surface area contributed by atoms with Crippen molar-refractivity contribution in [3.8, 4) is 33.6 Å². The largest absolute Gasteiger partial charge is 0.337 e. The maximum absolute atomic E-state index is 12.1. The molecule has 2 N–H and O–H groups in total. The lowest BCUT2D eigenvalue weighted by Gasteiger charge is -2.12. The Labute approximate surface area is 202 Å². The second-order valence-electron chi connectivity index (χ2n) is 8.66. The Morgan fingerprint density at radius 3 is 2.60 bits per heavy atom. The first-order valence-corrected chi connectivity index (χ1v) is 11.2. The van der Waals surface area contributed by atoms with E-state index in [1.165, 1.54) is 6.08 Å². The number of H-pyrrole nitrogens is 1. The number of hydrogen-bond acceptors (Lipinski definition) is 5. The molecule has 0 radical (unpaired) electrons. The zero-order chi connectivity index (χ0) is 24.9. The third-order valence-corrected chi connectivity index (χ3v) is 6.44. The summed E-state index contributed by atoms with van der Waals surface area (Å²) in [5.41, 5.74) is 10.00. The number of rotatable bonds is 5. The summed E-state index contributed by atoms with van der Waals surface area (Å²) in [5.74, 6) is -0.259. The monoisotopic (exact) mass is 466 g/mol.